The molecule has 1 unspecified atom stereocenters. The lowest BCUT2D eigenvalue weighted by Crippen LogP contribution is -2.53. The number of likely N-dealkylation sites (tertiary alicyclic amines) is 1. The van der Waals surface area contributed by atoms with Gasteiger partial charge in [-0.1, -0.05) is 29.8 Å². The highest BCUT2D eigenvalue weighted by Crippen LogP contribution is 2.32. The molecule has 1 N–H and O–H groups in total. The van der Waals surface area contributed by atoms with E-state index in [1.807, 2.05) is 30.1 Å². The molecule has 4 rings (SSSR count). The number of hydrogen-bond acceptors (Lipinski definition) is 2. The van der Waals surface area contributed by atoms with E-state index in [-0.39, 0.29) is 23.5 Å². The van der Waals surface area contributed by atoms with Gasteiger partial charge in [0, 0.05) is 55.7 Å². The van der Waals surface area contributed by atoms with Crippen molar-refractivity contribution in [2.24, 2.45) is 7.05 Å². The van der Waals surface area contributed by atoms with Crippen LogP contribution in [0, 0.1) is 0 Å². The quantitative estimate of drug-likeness (QED) is 0.635. The van der Waals surface area contributed by atoms with Crippen LogP contribution in [0.25, 0.3) is 10.9 Å². The van der Waals surface area contributed by atoms with Crippen LogP contribution in [0.2, 0.25) is 0 Å². The van der Waals surface area contributed by atoms with E-state index in [2.05, 4.69) is 16.0 Å². The van der Waals surface area contributed by atoms with Crippen LogP contribution in [0.5, 0.6) is 0 Å². The molecule has 1 aromatic heterocycles. The van der Waals surface area contributed by atoms with Gasteiger partial charge in [-0.25, -0.2) is 4.79 Å². The Hall–Kier alpha value is -2.21. The number of rotatable bonds is 2. The van der Waals surface area contributed by atoms with Gasteiger partial charge >= 0.3 is 6.03 Å². The van der Waals surface area contributed by atoms with Crippen molar-refractivity contribution in [3.63, 3.8) is 0 Å². The summed E-state index contributed by atoms with van der Waals surface area (Å²) in [6.07, 6.45) is 2.47. The summed E-state index contributed by atoms with van der Waals surface area (Å²) in [5.41, 5.74) is 2.71. The first kappa shape index (κ1) is 18.2. The van der Waals surface area contributed by atoms with Crippen molar-refractivity contribution in [2.75, 3.05) is 19.6 Å². The van der Waals surface area contributed by atoms with Crippen LogP contribution >= 0.6 is 11.6 Å². The molecule has 1 atom stereocenters. The maximum absolute atomic E-state index is 13.3. The first-order valence-corrected chi connectivity index (χ1v) is 9.97. The molecule has 27 heavy (non-hydrogen) atoms. The Balaban J connectivity index is 1.51. The van der Waals surface area contributed by atoms with Crippen LogP contribution in [0.4, 0.5) is 4.79 Å². The molecular weight excluding hydrogens is 364 g/mol. The third-order valence-corrected chi connectivity index (χ3v) is 5.92. The number of carbonyl (C=O) groups is 2. The van der Waals surface area contributed by atoms with Crippen molar-refractivity contribution in [2.45, 2.75) is 37.7 Å². The second-order valence-corrected chi connectivity index (χ2v) is 8.08. The van der Waals surface area contributed by atoms with Gasteiger partial charge in [0.25, 0.3) is 5.91 Å². The monoisotopic (exact) mass is 388 g/mol. The van der Waals surface area contributed by atoms with Crippen LogP contribution in [0.15, 0.2) is 24.3 Å². The number of aryl methyl sites for hydroxylation is 1. The lowest BCUT2D eigenvalue weighted by molar-refractivity contribution is 0.0577. The Kier molecular flexibility index (Phi) is 4.76. The number of amides is 3. The number of urea groups is 1. The van der Waals surface area contributed by atoms with Crippen molar-refractivity contribution in [1.82, 2.24) is 19.7 Å². The summed E-state index contributed by atoms with van der Waals surface area (Å²) in [5.74, 6) is 0.130. The highest BCUT2D eigenvalue weighted by atomic mass is 35.5. The molecule has 0 spiro atoms. The molecule has 2 aliphatic heterocycles. The van der Waals surface area contributed by atoms with Crippen LogP contribution in [0.3, 0.4) is 0 Å². The van der Waals surface area contributed by atoms with Crippen LogP contribution in [-0.2, 0) is 13.5 Å². The van der Waals surface area contributed by atoms with E-state index in [4.69, 9.17) is 11.6 Å². The molecular formula is C20H25ClN4O2. The van der Waals surface area contributed by atoms with Gasteiger partial charge in [0.2, 0.25) is 0 Å². The predicted molar refractivity (Wildman–Crippen MR) is 106 cm³/mol. The number of piperidine rings is 1. The Morgan fingerprint density at radius 1 is 1.22 bits per heavy atom. The van der Waals surface area contributed by atoms with Crippen LogP contribution in [0.1, 0.15) is 35.8 Å². The average Bonchev–Trinajstić information content (AvgIpc) is 2.95. The van der Waals surface area contributed by atoms with Gasteiger partial charge in [0.15, 0.2) is 0 Å². The van der Waals surface area contributed by atoms with Crippen molar-refractivity contribution < 1.29 is 9.59 Å². The van der Waals surface area contributed by atoms with E-state index in [0.717, 1.165) is 48.0 Å². The smallest absolute Gasteiger partial charge is 0.318 e. The van der Waals surface area contributed by atoms with Crippen molar-refractivity contribution in [3.05, 3.63) is 35.5 Å². The number of fused-ring (bicyclic) bond motifs is 3. The zero-order valence-corrected chi connectivity index (χ0v) is 16.5. The Morgan fingerprint density at radius 2 is 1.93 bits per heavy atom. The number of benzene rings is 1. The molecule has 0 saturated carbocycles. The van der Waals surface area contributed by atoms with Gasteiger partial charge in [-0.3, -0.25) is 4.79 Å². The minimum atomic E-state index is -0.385. The van der Waals surface area contributed by atoms with Crippen LogP contribution in [-0.4, -0.2) is 57.5 Å². The maximum atomic E-state index is 13.3. The Morgan fingerprint density at radius 3 is 2.63 bits per heavy atom. The van der Waals surface area contributed by atoms with Crippen molar-refractivity contribution >= 4 is 34.4 Å². The summed E-state index contributed by atoms with van der Waals surface area (Å²) in [5, 5.41) is 3.76. The summed E-state index contributed by atoms with van der Waals surface area (Å²) in [7, 11) is 2.04. The predicted octanol–water partition coefficient (Wildman–Crippen LogP) is 2.94. The average molecular weight is 389 g/mol. The third kappa shape index (κ3) is 3.16. The topological polar surface area (TPSA) is 57.6 Å². The second kappa shape index (κ2) is 7.08. The van der Waals surface area contributed by atoms with E-state index < -0.39 is 0 Å². The first-order valence-electron chi connectivity index (χ1n) is 9.54. The Labute approximate surface area is 164 Å². The first-order chi connectivity index (χ1) is 13.0. The minimum absolute atomic E-state index is 0.128. The zero-order chi connectivity index (χ0) is 19.1. The molecule has 1 fully saturated rings. The SMILES string of the molecule is CC(Cl)NC(=O)N1CCC(N2CCc3c(c4ccccc4n3C)C2=O)CC1. The molecule has 0 aliphatic carbocycles. The number of carbonyl (C=O) groups excluding carboxylic acids is 2. The van der Waals surface area contributed by atoms with E-state index in [1.54, 1.807) is 11.8 Å². The maximum Gasteiger partial charge on any atom is 0.318 e. The van der Waals surface area contributed by atoms with E-state index >= 15 is 0 Å². The zero-order valence-electron chi connectivity index (χ0n) is 15.7. The van der Waals surface area contributed by atoms with Gasteiger partial charge in [-0.05, 0) is 25.8 Å². The van der Waals surface area contributed by atoms with Crippen molar-refractivity contribution in [1.29, 1.82) is 0 Å². The fraction of sp³-hybridized carbons (Fsp3) is 0.500. The number of hydrogen-bond donors (Lipinski definition) is 1. The molecule has 1 aromatic carbocycles. The molecule has 2 aliphatic rings. The number of nitrogens with zero attached hydrogens (tertiary/aromatic N) is 3. The minimum Gasteiger partial charge on any atom is -0.347 e. The summed E-state index contributed by atoms with van der Waals surface area (Å²) < 4.78 is 2.15. The fourth-order valence-electron chi connectivity index (χ4n) is 4.44. The molecule has 2 aromatic rings. The van der Waals surface area contributed by atoms with Gasteiger partial charge in [-0.15, -0.1) is 0 Å². The molecule has 3 heterocycles. The highest BCUT2D eigenvalue weighted by Gasteiger charge is 2.35. The molecule has 0 bridgehead atoms. The third-order valence-electron chi connectivity index (χ3n) is 5.81. The summed E-state index contributed by atoms with van der Waals surface area (Å²) in [6, 6.07) is 8.16. The highest BCUT2D eigenvalue weighted by molar-refractivity contribution is 6.21. The van der Waals surface area contributed by atoms with Crippen LogP contribution < -0.4 is 5.32 Å². The fourth-order valence-corrected chi connectivity index (χ4v) is 4.53. The van der Waals surface area contributed by atoms with E-state index in [9.17, 15) is 9.59 Å². The standard InChI is InChI=1S/C20H25ClN4O2/c1-13(21)22-20(27)24-10-7-14(8-11-24)25-12-9-17-18(19(25)26)15-5-3-4-6-16(15)23(17)2/h3-6,13-14H,7-12H2,1-2H3,(H,22,27). The van der Waals surface area contributed by atoms with Gasteiger partial charge in [0.1, 0.15) is 5.50 Å². The molecule has 7 heteroatoms. The number of aromatic nitrogens is 1. The molecule has 0 radical (unpaired) electrons. The van der Waals surface area contributed by atoms with Gasteiger partial charge in [0.05, 0.1) is 5.56 Å². The number of para-hydroxylation sites is 1. The molecule has 6 nitrogen and oxygen atoms in total. The van der Waals surface area contributed by atoms with Crippen molar-refractivity contribution in [3.8, 4) is 0 Å². The molecule has 3 amide bonds. The largest absolute Gasteiger partial charge is 0.347 e. The van der Waals surface area contributed by atoms with E-state index in [1.165, 1.54) is 0 Å². The molecule has 1 saturated heterocycles. The lowest BCUT2D eigenvalue weighted by atomic mass is 9.97. The van der Waals surface area contributed by atoms with E-state index in [0.29, 0.717) is 13.1 Å². The van der Waals surface area contributed by atoms with Gasteiger partial charge in [-0.2, -0.15) is 0 Å². The number of halogens is 1. The number of nitrogens with one attached hydrogen (secondary N) is 1. The Bertz CT molecular complexity index is 883. The summed E-state index contributed by atoms with van der Waals surface area (Å²) >= 11 is 5.85. The lowest BCUT2D eigenvalue weighted by Gasteiger charge is -2.40. The molecule has 144 valence electrons. The summed E-state index contributed by atoms with van der Waals surface area (Å²) in [6.45, 7) is 3.77. The number of alkyl halides is 1. The summed E-state index contributed by atoms with van der Waals surface area (Å²) in [4.78, 5) is 29.2. The second-order valence-electron chi connectivity index (χ2n) is 7.43. The normalized spacial score (nSPS) is 19.3. The van der Waals surface area contributed by atoms with Gasteiger partial charge < -0.3 is 19.7 Å².